The van der Waals surface area contributed by atoms with Gasteiger partial charge < -0.3 is 5.11 Å². The van der Waals surface area contributed by atoms with Crippen molar-refractivity contribution < 1.29 is 9.90 Å². The molecule has 3 nitrogen and oxygen atoms in total. The second-order valence-electron chi connectivity index (χ2n) is 1.76. The smallest absolute Gasteiger partial charge is 0.356 e. The molecule has 0 spiro atoms. The van der Waals surface area contributed by atoms with Crippen LogP contribution in [0.15, 0.2) is 12.3 Å². The fourth-order valence-corrected chi connectivity index (χ4v) is 0.908. The SMILES string of the molecule is CC.O=C(O)c1nccc(Cl)c1Cl. The summed E-state index contributed by atoms with van der Waals surface area (Å²) >= 11 is 11.0. The highest BCUT2D eigenvalue weighted by Crippen LogP contribution is 2.23. The van der Waals surface area contributed by atoms with Crippen molar-refractivity contribution in [2.75, 3.05) is 0 Å². The summed E-state index contributed by atoms with van der Waals surface area (Å²) in [6, 6.07) is 1.43. The van der Waals surface area contributed by atoms with Gasteiger partial charge in [0.15, 0.2) is 5.69 Å². The molecular weight excluding hydrogens is 213 g/mol. The Morgan fingerprint density at radius 3 is 2.38 bits per heavy atom. The number of halogens is 2. The second-order valence-corrected chi connectivity index (χ2v) is 2.55. The maximum Gasteiger partial charge on any atom is 0.356 e. The Balaban J connectivity index is 0.000000671. The lowest BCUT2D eigenvalue weighted by atomic mass is 10.3. The highest BCUT2D eigenvalue weighted by atomic mass is 35.5. The molecule has 1 aromatic rings. The molecule has 1 rings (SSSR count). The fraction of sp³-hybridized carbons (Fsp3) is 0.250. The lowest BCUT2D eigenvalue weighted by Crippen LogP contribution is -2.00. The predicted molar refractivity (Wildman–Crippen MR) is 52.6 cm³/mol. The quantitative estimate of drug-likeness (QED) is 0.793. The molecule has 0 radical (unpaired) electrons. The summed E-state index contributed by atoms with van der Waals surface area (Å²) in [7, 11) is 0. The Morgan fingerprint density at radius 2 is 2.00 bits per heavy atom. The van der Waals surface area contributed by atoms with E-state index in [-0.39, 0.29) is 15.7 Å². The third-order valence-electron chi connectivity index (χ3n) is 1.04. The lowest BCUT2D eigenvalue weighted by molar-refractivity contribution is 0.0690. The molecule has 1 N–H and O–H groups in total. The summed E-state index contributed by atoms with van der Waals surface area (Å²) in [5.74, 6) is -1.18. The molecule has 1 heterocycles. The first-order valence-corrected chi connectivity index (χ1v) is 4.42. The zero-order chi connectivity index (χ0) is 10.4. The first-order chi connectivity index (χ1) is 6.13. The van der Waals surface area contributed by atoms with Gasteiger partial charge in [-0.25, -0.2) is 9.78 Å². The molecule has 1 aromatic heterocycles. The Bertz CT molecular complexity index is 302. The molecule has 0 unspecified atom stereocenters. The van der Waals surface area contributed by atoms with Crippen molar-refractivity contribution in [3.05, 3.63) is 28.0 Å². The molecule has 0 fully saturated rings. The topological polar surface area (TPSA) is 50.2 Å². The van der Waals surface area contributed by atoms with Gasteiger partial charge in [0, 0.05) is 6.20 Å². The van der Waals surface area contributed by atoms with E-state index >= 15 is 0 Å². The monoisotopic (exact) mass is 221 g/mol. The van der Waals surface area contributed by atoms with Gasteiger partial charge in [0.1, 0.15) is 0 Å². The van der Waals surface area contributed by atoms with Crippen molar-refractivity contribution in [2.24, 2.45) is 0 Å². The molecule has 0 amide bonds. The van der Waals surface area contributed by atoms with Gasteiger partial charge >= 0.3 is 5.97 Å². The van der Waals surface area contributed by atoms with Crippen LogP contribution in [0.2, 0.25) is 10.0 Å². The number of rotatable bonds is 1. The zero-order valence-electron chi connectivity index (χ0n) is 7.21. The van der Waals surface area contributed by atoms with Gasteiger partial charge in [-0.05, 0) is 6.07 Å². The van der Waals surface area contributed by atoms with E-state index in [9.17, 15) is 4.79 Å². The molecule has 0 saturated carbocycles. The third kappa shape index (κ3) is 3.20. The van der Waals surface area contributed by atoms with Crippen LogP contribution in [0.4, 0.5) is 0 Å². The molecular formula is C8H9Cl2NO2. The number of carbonyl (C=O) groups is 1. The van der Waals surface area contributed by atoms with Gasteiger partial charge in [-0.3, -0.25) is 0 Å². The zero-order valence-corrected chi connectivity index (χ0v) is 8.73. The van der Waals surface area contributed by atoms with E-state index in [1.807, 2.05) is 13.8 Å². The highest BCUT2D eigenvalue weighted by molar-refractivity contribution is 6.43. The van der Waals surface area contributed by atoms with Crippen LogP contribution in [0.25, 0.3) is 0 Å². The molecule has 72 valence electrons. The molecule has 13 heavy (non-hydrogen) atoms. The number of carboxylic acid groups (broad SMARTS) is 1. The maximum atomic E-state index is 10.4. The Labute approximate surface area is 86.3 Å². The Hall–Kier alpha value is -0.800. The van der Waals surface area contributed by atoms with Crippen LogP contribution >= 0.6 is 23.2 Å². The van der Waals surface area contributed by atoms with Crippen molar-refractivity contribution in [1.82, 2.24) is 4.98 Å². The summed E-state index contributed by atoms with van der Waals surface area (Å²) in [6.45, 7) is 4.00. The van der Waals surface area contributed by atoms with Crippen LogP contribution in [-0.4, -0.2) is 16.1 Å². The van der Waals surface area contributed by atoms with Crippen molar-refractivity contribution in [3.63, 3.8) is 0 Å². The molecule has 5 heteroatoms. The van der Waals surface area contributed by atoms with Crippen LogP contribution in [0.3, 0.4) is 0 Å². The third-order valence-corrected chi connectivity index (χ3v) is 1.84. The normalized spacial score (nSPS) is 8.62. The van der Waals surface area contributed by atoms with Gasteiger partial charge in [-0.15, -0.1) is 0 Å². The summed E-state index contributed by atoms with van der Waals surface area (Å²) in [6.07, 6.45) is 1.29. The number of pyridine rings is 1. The Kier molecular flexibility index (Phi) is 5.42. The van der Waals surface area contributed by atoms with Gasteiger partial charge in [0.25, 0.3) is 0 Å². The minimum Gasteiger partial charge on any atom is -0.476 e. The average Bonchev–Trinajstić information content (AvgIpc) is 2.13. The van der Waals surface area contributed by atoms with E-state index < -0.39 is 5.97 Å². The number of aromatic carboxylic acids is 1. The van der Waals surface area contributed by atoms with E-state index in [2.05, 4.69) is 4.98 Å². The van der Waals surface area contributed by atoms with Crippen molar-refractivity contribution in [2.45, 2.75) is 13.8 Å². The summed E-state index contributed by atoms with van der Waals surface area (Å²) in [4.78, 5) is 13.9. The number of hydrogen-bond acceptors (Lipinski definition) is 2. The minimum atomic E-state index is -1.18. The van der Waals surface area contributed by atoms with Crippen LogP contribution < -0.4 is 0 Å². The van der Waals surface area contributed by atoms with Gasteiger partial charge in [0.2, 0.25) is 0 Å². The van der Waals surface area contributed by atoms with E-state index in [0.29, 0.717) is 0 Å². The standard InChI is InChI=1S/C6H3Cl2NO2.C2H6/c7-3-1-2-9-5(4(3)8)6(10)11;1-2/h1-2H,(H,10,11);1-2H3. The molecule has 0 aliphatic carbocycles. The van der Waals surface area contributed by atoms with Crippen molar-refractivity contribution in [3.8, 4) is 0 Å². The van der Waals surface area contributed by atoms with Crippen LogP contribution in [0.5, 0.6) is 0 Å². The molecule has 0 aromatic carbocycles. The number of hydrogen-bond donors (Lipinski definition) is 1. The highest BCUT2D eigenvalue weighted by Gasteiger charge is 2.11. The van der Waals surface area contributed by atoms with Crippen molar-refractivity contribution in [1.29, 1.82) is 0 Å². The fourth-order valence-electron chi connectivity index (χ4n) is 0.569. The van der Waals surface area contributed by atoms with Crippen LogP contribution in [-0.2, 0) is 0 Å². The molecule has 0 aliphatic heterocycles. The lowest BCUT2D eigenvalue weighted by Gasteiger charge is -1.97. The predicted octanol–water partition coefficient (Wildman–Crippen LogP) is 3.11. The summed E-state index contributed by atoms with van der Waals surface area (Å²) < 4.78 is 0. The van der Waals surface area contributed by atoms with Gasteiger partial charge in [-0.1, -0.05) is 37.0 Å². The second kappa shape index (κ2) is 5.78. The first-order valence-electron chi connectivity index (χ1n) is 3.66. The van der Waals surface area contributed by atoms with Gasteiger partial charge in [-0.2, -0.15) is 0 Å². The van der Waals surface area contributed by atoms with E-state index in [1.54, 1.807) is 0 Å². The number of nitrogens with zero attached hydrogens (tertiary/aromatic N) is 1. The largest absolute Gasteiger partial charge is 0.476 e. The molecule has 0 bridgehead atoms. The number of aromatic nitrogens is 1. The molecule has 0 atom stereocenters. The Morgan fingerprint density at radius 1 is 1.46 bits per heavy atom. The first kappa shape index (κ1) is 12.2. The molecule has 0 aliphatic rings. The van der Waals surface area contributed by atoms with E-state index in [4.69, 9.17) is 28.3 Å². The minimum absolute atomic E-state index is 0.0262. The van der Waals surface area contributed by atoms with Crippen molar-refractivity contribution >= 4 is 29.2 Å². The summed E-state index contributed by atoms with van der Waals surface area (Å²) in [5, 5.41) is 8.65. The number of carboxylic acids is 1. The van der Waals surface area contributed by atoms with Crippen LogP contribution in [0.1, 0.15) is 24.3 Å². The van der Waals surface area contributed by atoms with Gasteiger partial charge in [0.05, 0.1) is 10.0 Å². The summed E-state index contributed by atoms with van der Waals surface area (Å²) in [5.41, 5.74) is -0.223. The maximum absolute atomic E-state index is 10.4. The average molecular weight is 222 g/mol. The van der Waals surface area contributed by atoms with E-state index in [1.165, 1.54) is 12.3 Å². The molecule has 0 saturated heterocycles. The van der Waals surface area contributed by atoms with Crippen LogP contribution in [0, 0.1) is 0 Å². The van der Waals surface area contributed by atoms with E-state index in [0.717, 1.165) is 0 Å².